The first-order valence-corrected chi connectivity index (χ1v) is 6.07. The molecule has 16 heavy (non-hydrogen) atoms. The Balaban J connectivity index is 1.71. The predicted octanol–water partition coefficient (Wildman–Crippen LogP) is -0.340. The minimum absolute atomic E-state index is 0.238. The molecule has 3 heterocycles. The van der Waals surface area contributed by atoms with Gasteiger partial charge in [-0.25, -0.2) is 0 Å². The van der Waals surface area contributed by atoms with Crippen molar-refractivity contribution in [2.45, 2.75) is 50.1 Å². The van der Waals surface area contributed by atoms with Crippen LogP contribution in [0, 0.1) is 0 Å². The normalized spacial score (nSPS) is 43.5. The summed E-state index contributed by atoms with van der Waals surface area (Å²) >= 11 is 0. The maximum absolute atomic E-state index is 4.21. The fourth-order valence-corrected chi connectivity index (χ4v) is 3.47. The van der Waals surface area contributed by atoms with E-state index in [1.54, 1.807) is 0 Å². The van der Waals surface area contributed by atoms with Crippen molar-refractivity contribution in [2.75, 3.05) is 0 Å². The molecule has 4 aliphatic rings. The monoisotopic (exact) mass is 220 g/mol. The van der Waals surface area contributed by atoms with E-state index >= 15 is 0 Å². The van der Waals surface area contributed by atoms with Gasteiger partial charge in [-0.05, 0) is 12.8 Å². The van der Waals surface area contributed by atoms with Gasteiger partial charge in [0.25, 0.3) is 0 Å². The molecule has 1 saturated carbocycles. The first kappa shape index (κ1) is 8.66. The lowest BCUT2D eigenvalue weighted by Gasteiger charge is -2.52. The van der Waals surface area contributed by atoms with Crippen LogP contribution in [0.25, 0.3) is 0 Å². The van der Waals surface area contributed by atoms with Crippen molar-refractivity contribution in [1.82, 2.24) is 20.7 Å². The molecule has 0 aromatic rings. The number of piperazine rings is 1. The van der Waals surface area contributed by atoms with Crippen molar-refractivity contribution in [3.8, 4) is 0 Å². The first-order valence-electron chi connectivity index (χ1n) is 6.07. The molecular formula is C10H16N6. The van der Waals surface area contributed by atoms with Crippen molar-refractivity contribution in [3.05, 3.63) is 0 Å². The highest BCUT2D eigenvalue weighted by Crippen LogP contribution is 2.34. The molecule has 4 unspecified atom stereocenters. The lowest BCUT2D eigenvalue weighted by atomic mass is 9.85. The molecule has 3 aliphatic heterocycles. The topological polar surface area (TPSA) is 55.3 Å². The Labute approximate surface area is 94.4 Å². The number of nitrogens with zero attached hydrogens (tertiary/aromatic N) is 4. The molecular weight excluding hydrogens is 204 g/mol. The van der Waals surface area contributed by atoms with Crippen molar-refractivity contribution < 1.29 is 0 Å². The third-order valence-electron chi connectivity index (χ3n) is 4.20. The number of hydrogen-bond acceptors (Lipinski definition) is 6. The van der Waals surface area contributed by atoms with Crippen molar-refractivity contribution in [3.63, 3.8) is 0 Å². The van der Waals surface area contributed by atoms with Crippen LogP contribution in [-0.2, 0) is 0 Å². The maximum atomic E-state index is 4.21. The van der Waals surface area contributed by atoms with Crippen LogP contribution in [-0.4, -0.2) is 46.9 Å². The number of hydrazone groups is 2. The first-order chi connectivity index (χ1) is 7.95. The predicted molar refractivity (Wildman–Crippen MR) is 60.6 cm³/mol. The van der Waals surface area contributed by atoms with Gasteiger partial charge in [-0.1, -0.05) is 12.8 Å². The zero-order valence-corrected chi connectivity index (χ0v) is 9.08. The number of rotatable bonds is 0. The molecule has 0 amide bonds. The summed E-state index contributed by atoms with van der Waals surface area (Å²) in [4.78, 5) is 4.76. The fourth-order valence-electron chi connectivity index (χ4n) is 3.47. The summed E-state index contributed by atoms with van der Waals surface area (Å²) in [6.45, 7) is 0. The van der Waals surface area contributed by atoms with Crippen LogP contribution >= 0.6 is 0 Å². The average Bonchev–Trinajstić information content (AvgIpc) is 2.98. The number of fused-ring (bicyclic) bond motifs is 6. The quantitative estimate of drug-likeness (QED) is 0.586. The van der Waals surface area contributed by atoms with Gasteiger partial charge in [-0.2, -0.15) is 10.2 Å². The molecule has 4 rings (SSSR count). The SMILES string of the molecule is C1=NNC2C3NN=CN3C3CCCCC3N12. The van der Waals surface area contributed by atoms with Gasteiger partial charge in [0.05, 0.1) is 12.1 Å². The summed E-state index contributed by atoms with van der Waals surface area (Å²) in [5.74, 6) is 0. The number of hydrogen-bond donors (Lipinski definition) is 2. The molecule has 0 aromatic heterocycles. The standard InChI is InChI=1S/C10H16N6/c1-2-4-8-7(3-1)15-5-11-13-9(15)10-14-12-6-16(8)10/h5-10,13-14H,1-4H2. The van der Waals surface area contributed by atoms with Gasteiger partial charge in [-0.3, -0.25) is 10.9 Å². The molecule has 6 nitrogen and oxygen atoms in total. The van der Waals surface area contributed by atoms with E-state index in [1.807, 2.05) is 12.7 Å². The Bertz CT molecular complexity index is 319. The van der Waals surface area contributed by atoms with Crippen LogP contribution in [0.5, 0.6) is 0 Å². The van der Waals surface area contributed by atoms with Crippen LogP contribution in [0.3, 0.4) is 0 Å². The average molecular weight is 220 g/mol. The zero-order valence-electron chi connectivity index (χ0n) is 9.08. The minimum Gasteiger partial charge on any atom is -0.331 e. The summed E-state index contributed by atoms with van der Waals surface area (Å²) in [7, 11) is 0. The van der Waals surface area contributed by atoms with E-state index in [1.165, 1.54) is 25.7 Å². The molecule has 0 aromatic carbocycles. The van der Waals surface area contributed by atoms with Gasteiger partial charge in [0, 0.05) is 0 Å². The third-order valence-corrected chi connectivity index (χ3v) is 4.20. The van der Waals surface area contributed by atoms with Crippen LogP contribution in [0.2, 0.25) is 0 Å². The van der Waals surface area contributed by atoms with Gasteiger partial charge in [0.2, 0.25) is 0 Å². The lowest BCUT2D eigenvalue weighted by Crippen LogP contribution is -2.70. The van der Waals surface area contributed by atoms with Gasteiger partial charge < -0.3 is 9.80 Å². The van der Waals surface area contributed by atoms with E-state index in [9.17, 15) is 0 Å². The molecule has 0 bridgehead atoms. The van der Waals surface area contributed by atoms with E-state index in [-0.39, 0.29) is 12.3 Å². The zero-order chi connectivity index (χ0) is 10.5. The summed E-state index contributed by atoms with van der Waals surface area (Å²) in [5, 5.41) is 8.42. The van der Waals surface area contributed by atoms with Gasteiger partial charge >= 0.3 is 0 Å². The Morgan fingerprint density at radius 3 is 1.88 bits per heavy atom. The van der Waals surface area contributed by atoms with E-state index in [0.29, 0.717) is 12.1 Å². The Kier molecular flexibility index (Phi) is 1.64. The molecule has 0 radical (unpaired) electrons. The smallest absolute Gasteiger partial charge is 0.157 e. The van der Waals surface area contributed by atoms with E-state index in [4.69, 9.17) is 0 Å². The number of nitrogens with one attached hydrogen (secondary N) is 2. The highest BCUT2D eigenvalue weighted by molar-refractivity contribution is 5.63. The summed E-state index contributed by atoms with van der Waals surface area (Å²) < 4.78 is 0. The molecule has 6 heteroatoms. The van der Waals surface area contributed by atoms with Crippen LogP contribution in [0.4, 0.5) is 0 Å². The molecule has 4 atom stereocenters. The second-order valence-electron chi connectivity index (χ2n) is 4.95. The molecule has 86 valence electrons. The maximum Gasteiger partial charge on any atom is 0.157 e. The second-order valence-corrected chi connectivity index (χ2v) is 4.95. The minimum atomic E-state index is 0.238. The van der Waals surface area contributed by atoms with Crippen molar-refractivity contribution >= 4 is 12.7 Å². The molecule has 1 saturated heterocycles. The van der Waals surface area contributed by atoms with Gasteiger partial charge in [-0.15, -0.1) is 0 Å². The van der Waals surface area contributed by atoms with Gasteiger partial charge in [0.15, 0.2) is 12.3 Å². The van der Waals surface area contributed by atoms with E-state index < -0.39 is 0 Å². The fraction of sp³-hybridized carbons (Fsp3) is 0.800. The summed E-state index contributed by atoms with van der Waals surface area (Å²) in [5.41, 5.74) is 6.35. The van der Waals surface area contributed by atoms with Crippen molar-refractivity contribution in [1.29, 1.82) is 0 Å². The molecule has 2 fully saturated rings. The molecule has 2 N–H and O–H groups in total. The molecule has 0 spiro atoms. The largest absolute Gasteiger partial charge is 0.331 e. The third kappa shape index (κ3) is 0.968. The van der Waals surface area contributed by atoms with Crippen LogP contribution in [0.15, 0.2) is 10.2 Å². The summed E-state index contributed by atoms with van der Waals surface area (Å²) in [6.07, 6.45) is 9.61. The Hall–Kier alpha value is -1.46. The highest BCUT2D eigenvalue weighted by atomic mass is 15.6. The van der Waals surface area contributed by atoms with Crippen LogP contribution in [0.1, 0.15) is 25.7 Å². The Morgan fingerprint density at radius 2 is 1.38 bits per heavy atom. The van der Waals surface area contributed by atoms with Crippen molar-refractivity contribution in [2.24, 2.45) is 10.2 Å². The lowest BCUT2D eigenvalue weighted by molar-refractivity contribution is -0.00504. The van der Waals surface area contributed by atoms with E-state index in [2.05, 4.69) is 30.9 Å². The summed E-state index contributed by atoms with van der Waals surface area (Å²) in [6, 6.07) is 1.19. The van der Waals surface area contributed by atoms with Gasteiger partial charge in [0.1, 0.15) is 12.7 Å². The highest BCUT2D eigenvalue weighted by Gasteiger charge is 2.49. The second kappa shape index (κ2) is 3.02. The van der Waals surface area contributed by atoms with E-state index in [0.717, 1.165) is 0 Å². The van der Waals surface area contributed by atoms with Crippen LogP contribution < -0.4 is 10.9 Å². The Morgan fingerprint density at radius 1 is 0.875 bits per heavy atom. The molecule has 1 aliphatic carbocycles.